The van der Waals surface area contributed by atoms with Gasteiger partial charge in [-0.05, 0) is 18.2 Å². The highest BCUT2D eigenvalue weighted by Crippen LogP contribution is 2.51. The molecule has 1 aliphatic heterocycles. The van der Waals surface area contributed by atoms with Crippen LogP contribution in [0.25, 0.3) is 0 Å². The van der Waals surface area contributed by atoms with E-state index in [9.17, 15) is 26.7 Å². The summed E-state index contributed by atoms with van der Waals surface area (Å²) in [6.45, 7) is 0. The molecule has 0 saturated carbocycles. The van der Waals surface area contributed by atoms with Crippen LogP contribution in [-0.4, -0.2) is 41.2 Å². The van der Waals surface area contributed by atoms with E-state index in [4.69, 9.17) is 10.5 Å². The number of rotatable bonds is 5. The third kappa shape index (κ3) is 3.64. The summed E-state index contributed by atoms with van der Waals surface area (Å²) in [6, 6.07) is 2.38. The number of nitrogens with two attached hydrogens (primary N) is 1. The van der Waals surface area contributed by atoms with Crippen LogP contribution in [0.4, 0.5) is 27.6 Å². The molecule has 0 aliphatic carbocycles. The number of nitrogens with zero attached hydrogens (tertiary/aromatic N) is 3. The molecular weight excluding hydrogens is 413 g/mol. The van der Waals surface area contributed by atoms with E-state index in [1.807, 2.05) is 0 Å². The van der Waals surface area contributed by atoms with Gasteiger partial charge in [0.25, 0.3) is 18.3 Å². The van der Waals surface area contributed by atoms with E-state index in [2.05, 4.69) is 20.3 Å². The Labute approximate surface area is 167 Å². The van der Waals surface area contributed by atoms with Crippen molar-refractivity contribution >= 4 is 17.4 Å². The number of carbonyl (C=O) groups is 1. The van der Waals surface area contributed by atoms with Gasteiger partial charge in [0.2, 0.25) is 11.4 Å². The summed E-state index contributed by atoms with van der Waals surface area (Å²) in [7, 11) is 1.37. The first-order valence-electron chi connectivity index (χ1n) is 8.58. The van der Waals surface area contributed by atoms with Gasteiger partial charge in [0.15, 0.2) is 5.75 Å². The number of aliphatic imine (C=N–C) groups is 1. The number of carbonyl (C=O) groups excluding carboxylic acids is 1. The predicted molar refractivity (Wildman–Crippen MR) is 96.4 cm³/mol. The van der Waals surface area contributed by atoms with E-state index in [-0.39, 0.29) is 17.3 Å². The molecule has 7 nitrogen and oxygen atoms in total. The average Bonchev–Trinajstić information content (AvgIpc) is 2.71. The standard InChI is InChI=1S/C18H16F5N5O2/c1-30-10-7-25-14(26-8-10)15(29)27-9-2-3-12(19)11(6-9)18(16(20)21)17(22,23)5-4-13(24)28-18/h2-3,6-8,16H,4-5H2,1H3,(H2,24,28)(H,27,29)/t18-/m0/s1. The molecule has 1 aromatic heterocycles. The fraction of sp³-hybridized carbons (Fsp3) is 0.333. The highest BCUT2D eigenvalue weighted by atomic mass is 19.3. The number of aromatic nitrogens is 2. The maximum Gasteiger partial charge on any atom is 0.293 e. The van der Waals surface area contributed by atoms with E-state index in [1.54, 1.807) is 0 Å². The van der Waals surface area contributed by atoms with Crippen molar-refractivity contribution < 1.29 is 31.5 Å². The number of amides is 1. The van der Waals surface area contributed by atoms with Crippen molar-refractivity contribution in [1.82, 2.24) is 9.97 Å². The van der Waals surface area contributed by atoms with Crippen molar-refractivity contribution in [2.75, 3.05) is 12.4 Å². The Bertz CT molecular complexity index is 983. The largest absolute Gasteiger partial charge is 0.494 e. The molecule has 1 amide bonds. The molecule has 3 N–H and O–H groups in total. The van der Waals surface area contributed by atoms with Crippen molar-refractivity contribution in [3.05, 3.63) is 47.8 Å². The van der Waals surface area contributed by atoms with Gasteiger partial charge in [0.05, 0.1) is 25.3 Å². The maximum absolute atomic E-state index is 14.6. The van der Waals surface area contributed by atoms with Gasteiger partial charge in [-0.3, -0.25) is 4.79 Å². The molecule has 0 saturated heterocycles. The highest BCUT2D eigenvalue weighted by molar-refractivity contribution is 6.01. The van der Waals surface area contributed by atoms with Crippen LogP contribution in [-0.2, 0) is 5.54 Å². The van der Waals surface area contributed by atoms with Crippen LogP contribution in [0.5, 0.6) is 5.75 Å². The minimum atomic E-state index is -4.08. The summed E-state index contributed by atoms with van der Waals surface area (Å²) in [4.78, 5) is 23.1. The molecule has 0 radical (unpaired) electrons. The lowest BCUT2D eigenvalue weighted by Crippen LogP contribution is -2.54. The van der Waals surface area contributed by atoms with Crippen LogP contribution in [0, 0.1) is 5.82 Å². The molecule has 2 aromatic rings. The Balaban J connectivity index is 2.01. The molecule has 2 heterocycles. The molecule has 3 rings (SSSR count). The molecular formula is C18H16F5N5O2. The van der Waals surface area contributed by atoms with Crippen molar-refractivity contribution in [3.8, 4) is 5.75 Å². The van der Waals surface area contributed by atoms with E-state index in [1.165, 1.54) is 19.5 Å². The van der Waals surface area contributed by atoms with Crippen LogP contribution >= 0.6 is 0 Å². The monoisotopic (exact) mass is 429 g/mol. The number of alkyl halides is 4. The fourth-order valence-electron chi connectivity index (χ4n) is 3.04. The Hall–Kier alpha value is -3.31. The minimum Gasteiger partial charge on any atom is -0.494 e. The Kier molecular flexibility index (Phi) is 5.59. The van der Waals surface area contributed by atoms with Crippen LogP contribution in [0.15, 0.2) is 35.6 Å². The predicted octanol–water partition coefficient (Wildman–Crippen LogP) is 3.12. The van der Waals surface area contributed by atoms with Crippen LogP contribution < -0.4 is 15.8 Å². The normalized spacial score (nSPS) is 20.6. The lowest BCUT2D eigenvalue weighted by molar-refractivity contribution is -0.145. The molecule has 0 spiro atoms. The zero-order chi connectivity index (χ0) is 22.1. The van der Waals surface area contributed by atoms with E-state index < -0.39 is 53.9 Å². The zero-order valence-electron chi connectivity index (χ0n) is 15.5. The second-order valence-electron chi connectivity index (χ2n) is 6.47. The molecule has 0 unspecified atom stereocenters. The van der Waals surface area contributed by atoms with Crippen molar-refractivity contribution in [2.45, 2.75) is 30.7 Å². The lowest BCUT2D eigenvalue weighted by atomic mass is 9.79. The molecule has 1 aromatic carbocycles. The van der Waals surface area contributed by atoms with Crippen LogP contribution in [0.1, 0.15) is 29.0 Å². The van der Waals surface area contributed by atoms with Gasteiger partial charge in [0.1, 0.15) is 5.82 Å². The lowest BCUT2D eigenvalue weighted by Gasteiger charge is -2.40. The third-order valence-electron chi connectivity index (χ3n) is 4.59. The van der Waals surface area contributed by atoms with Gasteiger partial charge in [-0.25, -0.2) is 36.9 Å². The summed E-state index contributed by atoms with van der Waals surface area (Å²) in [5.41, 5.74) is 0.607. The summed E-state index contributed by atoms with van der Waals surface area (Å²) >= 11 is 0. The summed E-state index contributed by atoms with van der Waals surface area (Å²) < 4.78 is 76.4. The minimum absolute atomic E-state index is 0.231. The molecule has 1 aliphatic rings. The summed E-state index contributed by atoms with van der Waals surface area (Å²) in [5.74, 6) is -6.76. The molecule has 0 fully saturated rings. The number of amidine groups is 1. The number of hydrogen-bond donors (Lipinski definition) is 2. The number of nitrogens with one attached hydrogen (secondary N) is 1. The average molecular weight is 429 g/mol. The highest BCUT2D eigenvalue weighted by Gasteiger charge is 2.63. The SMILES string of the molecule is COc1cnc(C(=O)Nc2ccc(F)c([C@@]3(C(F)F)N=C(N)CCC3(F)F)c2)nc1. The summed E-state index contributed by atoms with van der Waals surface area (Å²) in [6.07, 6.45) is -2.78. The van der Waals surface area contributed by atoms with E-state index in [0.29, 0.717) is 12.1 Å². The van der Waals surface area contributed by atoms with Crippen molar-refractivity contribution in [1.29, 1.82) is 0 Å². The van der Waals surface area contributed by atoms with Crippen molar-refractivity contribution in [2.24, 2.45) is 10.7 Å². The number of anilines is 1. The van der Waals surface area contributed by atoms with Gasteiger partial charge >= 0.3 is 0 Å². The molecule has 30 heavy (non-hydrogen) atoms. The molecule has 0 bridgehead atoms. The first kappa shape index (κ1) is 21.4. The molecule has 1 atom stereocenters. The number of ether oxygens (including phenoxy) is 1. The number of hydrogen-bond acceptors (Lipinski definition) is 6. The zero-order valence-corrected chi connectivity index (χ0v) is 15.5. The van der Waals surface area contributed by atoms with E-state index >= 15 is 0 Å². The second-order valence-corrected chi connectivity index (χ2v) is 6.47. The Morgan fingerprint density at radius 3 is 2.53 bits per heavy atom. The van der Waals surface area contributed by atoms with Gasteiger partial charge < -0.3 is 15.8 Å². The Morgan fingerprint density at radius 2 is 1.93 bits per heavy atom. The first-order chi connectivity index (χ1) is 14.1. The van der Waals surface area contributed by atoms with Crippen molar-refractivity contribution in [3.63, 3.8) is 0 Å². The second kappa shape index (κ2) is 7.84. The van der Waals surface area contributed by atoms with Crippen LogP contribution in [0.2, 0.25) is 0 Å². The Morgan fingerprint density at radius 1 is 1.27 bits per heavy atom. The topological polar surface area (TPSA) is 102 Å². The number of methoxy groups -OCH3 is 1. The van der Waals surface area contributed by atoms with Crippen LogP contribution in [0.3, 0.4) is 0 Å². The third-order valence-corrected chi connectivity index (χ3v) is 4.59. The number of benzene rings is 1. The number of halogens is 5. The smallest absolute Gasteiger partial charge is 0.293 e. The fourth-order valence-corrected chi connectivity index (χ4v) is 3.04. The summed E-state index contributed by atoms with van der Waals surface area (Å²) in [5, 5.41) is 2.26. The van der Waals surface area contributed by atoms with Gasteiger partial charge in [0, 0.05) is 24.1 Å². The van der Waals surface area contributed by atoms with Gasteiger partial charge in [-0.15, -0.1) is 0 Å². The molecule has 160 valence electrons. The maximum atomic E-state index is 14.6. The first-order valence-corrected chi connectivity index (χ1v) is 8.58. The quantitative estimate of drug-likeness (QED) is 0.711. The van der Waals surface area contributed by atoms with Gasteiger partial charge in [-0.2, -0.15) is 0 Å². The van der Waals surface area contributed by atoms with Gasteiger partial charge in [-0.1, -0.05) is 0 Å². The molecule has 12 heteroatoms. The van der Waals surface area contributed by atoms with E-state index in [0.717, 1.165) is 6.07 Å².